The van der Waals surface area contributed by atoms with Crippen LogP contribution in [-0.2, 0) is 22.5 Å². The molecule has 22 heavy (non-hydrogen) atoms. The first-order valence-electron chi connectivity index (χ1n) is 7.62. The summed E-state index contributed by atoms with van der Waals surface area (Å²) in [5.74, 6) is -0.0965. The van der Waals surface area contributed by atoms with Crippen LogP contribution in [0.3, 0.4) is 0 Å². The number of rotatable bonds is 2. The fourth-order valence-electron chi connectivity index (χ4n) is 2.83. The number of fused-ring (bicyclic) bond motifs is 1. The summed E-state index contributed by atoms with van der Waals surface area (Å²) in [5.41, 5.74) is 0.582. The molecule has 0 aliphatic carbocycles. The molecule has 2 aliphatic rings. The van der Waals surface area contributed by atoms with Crippen molar-refractivity contribution in [1.29, 1.82) is 0 Å². The van der Waals surface area contributed by atoms with Gasteiger partial charge in [0.05, 0.1) is 12.4 Å². The lowest BCUT2D eigenvalue weighted by molar-refractivity contribution is -0.131. The molecule has 0 bridgehead atoms. The number of imidazole rings is 1. The molecular formula is C15H22N4O3. The van der Waals surface area contributed by atoms with E-state index in [-0.39, 0.29) is 11.9 Å². The molecule has 1 unspecified atom stereocenters. The molecule has 7 heteroatoms. The highest BCUT2D eigenvalue weighted by Crippen LogP contribution is 2.22. The van der Waals surface area contributed by atoms with E-state index in [9.17, 15) is 9.59 Å². The predicted molar refractivity (Wildman–Crippen MR) is 79.2 cm³/mol. The third-order valence-electron chi connectivity index (χ3n) is 3.97. The van der Waals surface area contributed by atoms with Crippen molar-refractivity contribution < 1.29 is 14.3 Å². The smallest absolute Gasteiger partial charge is 0.410 e. The highest BCUT2D eigenvalue weighted by atomic mass is 16.6. The Morgan fingerprint density at radius 2 is 2.18 bits per heavy atom. The van der Waals surface area contributed by atoms with Crippen molar-refractivity contribution in [2.45, 2.75) is 57.8 Å². The average molecular weight is 306 g/mol. The highest BCUT2D eigenvalue weighted by molar-refractivity contribution is 5.87. The molecule has 3 heterocycles. The van der Waals surface area contributed by atoms with Gasteiger partial charge in [0.1, 0.15) is 11.6 Å². The van der Waals surface area contributed by atoms with Crippen LogP contribution < -0.4 is 5.32 Å². The van der Waals surface area contributed by atoms with Crippen LogP contribution in [0.1, 0.15) is 32.9 Å². The van der Waals surface area contributed by atoms with E-state index in [1.54, 1.807) is 6.33 Å². The molecule has 1 aromatic rings. The van der Waals surface area contributed by atoms with Gasteiger partial charge in [-0.25, -0.2) is 9.78 Å². The van der Waals surface area contributed by atoms with Crippen molar-refractivity contribution in [3.63, 3.8) is 0 Å². The van der Waals surface area contributed by atoms with E-state index in [0.717, 1.165) is 18.7 Å². The van der Waals surface area contributed by atoms with Crippen LogP contribution in [0.5, 0.6) is 0 Å². The molecule has 0 spiro atoms. The molecule has 0 radical (unpaired) electrons. The van der Waals surface area contributed by atoms with Gasteiger partial charge in [0, 0.05) is 31.4 Å². The van der Waals surface area contributed by atoms with Gasteiger partial charge in [-0.15, -0.1) is 0 Å². The molecule has 2 aliphatic heterocycles. The van der Waals surface area contributed by atoms with E-state index in [1.165, 1.54) is 4.90 Å². The molecule has 0 aromatic carbocycles. The van der Waals surface area contributed by atoms with Crippen molar-refractivity contribution >= 4 is 12.0 Å². The van der Waals surface area contributed by atoms with Crippen LogP contribution in [0.25, 0.3) is 0 Å². The Hall–Kier alpha value is -2.05. The minimum atomic E-state index is -0.546. The first-order valence-corrected chi connectivity index (χ1v) is 7.62. The van der Waals surface area contributed by atoms with Gasteiger partial charge < -0.3 is 14.6 Å². The highest BCUT2D eigenvalue weighted by Gasteiger charge is 2.40. The summed E-state index contributed by atoms with van der Waals surface area (Å²) in [7, 11) is 0. The van der Waals surface area contributed by atoms with E-state index in [0.29, 0.717) is 13.0 Å². The van der Waals surface area contributed by atoms with Crippen molar-refractivity contribution in [2.75, 3.05) is 6.54 Å². The van der Waals surface area contributed by atoms with Crippen molar-refractivity contribution in [1.82, 2.24) is 19.8 Å². The summed E-state index contributed by atoms with van der Waals surface area (Å²) in [5, 5.41) is 3.02. The number of nitrogens with one attached hydrogen (secondary N) is 1. The summed E-state index contributed by atoms with van der Waals surface area (Å²) in [6.45, 7) is 6.77. The number of ether oxygens (including phenoxy) is 1. The quantitative estimate of drug-likeness (QED) is 0.882. The maximum Gasteiger partial charge on any atom is 0.410 e. The van der Waals surface area contributed by atoms with Crippen LogP contribution >= 0.6 is 0 Å². The molecular weight excluding hydrogens is 284 g/mol. The van der Waals surface area contributed by atoms with Crippen LogP contribution in [-0.4, -0.2) is 50.7 Å². The molecule has 1 fully saturated rings. The molecule has 2 amide bonds. The van der Waals surface area contributed by atoms with Gasteiger partial charge in [0.15, 0.2) is 0 Å². The number of aromatic nitrogens is 2. The SMILES string of the molecule is CC(C)(C)OC(=O)N1CC[C@@H]1C(=O)NC1Cc2cncn2C1. The predicted octanol–water partition coefficient (Wildman–Crippen LogP) is 0.933. The Morgan fingerprint density at radius 1 is 1.41 bits per heavy atom. The van der Waals surface area contributed by atoms with Crippen LogP contribution in [0.2, 0.25) is 0 Å². The van der Waals surface area contributed by atoms with Crippen LogP contribution in [0.15, 0.2) is 12.5 Å². The van der Waals surface area contributed by atoms with Gasteiger partial charge in [-0.3, -0.25) is 9.69 Å². The summed E-state index contributed by atoms with van der Waals surface area (Å²) in [6.07, 6.45) is 4.65. The van der Waals surface area contributed by atoms with Crippen LogP contribution in [0, 0.1) is 0 Å². The fraction of sp³-hybridized carbons (Fsp3) is 0.667. The Labute approximate surface area is 129 Å². The van der Waals surface area contributed by atoms with Crippen LogP contribution in [0.4, 0.5) is 4.79 Å². The van der Waals surface area contributed by atoms with Crippen molar-refractivity contribution in [3.8, 4) is 0 Å². The number of hydrogen-bond donors (Lipinski definition) is 1. The Kier molecular flexibility index (Phi) is 3.58. The standard InChI is InChI=1S/C15H22N4O3/c1-15(2,3)22-14(21)19-5-4-12(19)13(20)17-10-6-11-7-16-9-18(11)8-10/h7,9-10,12H,4-6,8H2,1-3H3,(H,17,20)/t10?,12-/m1/s1. The minimum absolute atomic E-state index is 0.0755. The topological polar surface area (TPSA) is 76.5 Å². The molecule has 1 N–H and O–H groups in total. The largest absolute Gasteiger partial charge is 0.444 e. The number of amides is 2. The lowest BCUT2D eigenvalue weighted by atomic mass is 10.0. The molecule has 1 aromatic heterocycles. The van der Waals surface area contributed by atoms with Crippen molar-refractivity contribution in [2.24, 2.45) is 0 Å². The van der Waals surface area contributed by atoms with E-state index in [2.05, 4.69) is 10.3 Å². The van der Waals surface area contributed by atoms with E-state index in [1.807, 2.05) is 31.5 Å². The third-order valence-corrected chi connectivity index (χ3v) is 3.97. The zero-order valence-corrected chi connectivity index (χ0v) is 13.2. The average Bonchev–Trinajstić information content (AvgIpc) is 2.84. The fourth-order valence-corrected chi connectivity index (χ4v) is 2.83. The lowest BCUT2D eigenvalue weighted by Crippen LogP contribution is -2.60. The molecule has 120 valence electrons. The summed E-state index contributed by atoms with van der Waals surface area (Å²) >= 11 is 0. The molecule has 1 saturated heterocycles. The first kappa shape index (κ1) is 14.9. The van der Waals surface area contributed by atoms with Gasteiger partial charge in [-0.1, -0.05) is 0 Å². The normalized spacial score (nSPS) is 23.7. The zero-order chi connectivity index (χ0) is 15.9. The lowest BCUT2D eigenvalue weighted by Gasteiger charge is -2.40. The van der Waals surface area contributed by atoms with Gasteiger partial charge in [0.25, 0.3) is 0 Å². The number of likely N-dealkylation sites (tertiary alicyclic amines) is 1. The van der Waals surface area contributed by atoms with Gasteiger partial charge in [0.2, 0.25) is 5.91 Å². The number of hydrogen-bond acceptors (Lipinski definition) is 4. The number of carbonyl (C=O) groups excluding carboxylic acids is 2. The third kappa shape index (κ3) is 2.93. The van der Waals surface area contributed by atoms with Gasteiger partial charge in [-0.2, -0.15) is 0 Å². The van der Waals surface area contributed by atoms with E-state index < -0.39 is 17.7 Å². The second-order valence-electron chi connectivity index (χ2n) is 6.93. The number of carbonyl (C=O) groups is 2. The monoisotopic (exact) mass is 306 g/mol. The molecule has 3 rings (SSSR count). The van der Waals surface area contributed by atoms with Crippen molar-refractivity contribution in [3.05, 3.63) is 18.2 Å². The second kappa shape index (κ2) is 5.30. The van der Waals surface area contributed by atoms with E-state index >= 15 is 0 Å². The molecule has 7 nitrogen and oxygen atoms in total. The Bertz CT molecular complexity index is 569. The summed E-state index contributed by atoms with van der Waals surface area (Å²) in [6, 6.07) is -0.334. The van der Waals surface area contributed by atoms with E-state index in [4.69, 9.17) is 4.74 Å². The Balaban J connectivity index is 1.53. The number of nitrogens with zero attached hydrogens (tertiary/aromatic N) is 3. The molecule has 2 atom stereocenters. The minimum Gasteiger partial charge on any atom is -0.444 e. The van der Waals surface area contributed by atoms with Gasteiger partial charge in [-0.05, 0) is 27.2 Å². The second-order valence-corrected chi connectivity index (χ2v) is 6.93. The molecule has 0 saturated carbocycles. The Morgan fingerprint density at radius 3 is 2.77 bits per heavy atom. The first-order chi connectivity index (χ1) is 10.3. The zero-order valence-electron chi connectivity index (χ0n) is 13.2. The maximum absolute atomic E-state index is 12.3. The van der Waals surface area contributed by atoms with Gasteiger partial charge >= 0.3 is 6.09 Å². The summed E-state index contributed by atoms with van der Waals surface area (Å²) < 4.78 is 7.36. The summed E-state index contributed by atoms with van der Waals surface area (Å²) in [4.78, 5) is 30.0. The maximum atomic E-state index is 12.3.